The van der Waals surface area contributed by atoms with Crippen LogP contribution in [0.15, 0.2) is 12.3 Å². The predicted octanol–water partition coefficient (Wildman–Crippen LogP) is 1.52. The predicted molar refractivity (Wildman–Crippen MR) is 69.9 cm³/mol. The quantitative estimate of drug-likeness (QED) is 0.621. The molecule has 1 fully saturated rings. The normalized spacial score (nSPS) is 19.6. The number of aromatic nitrogens is 1. The second-order valence-electron chi connectivity index (χ2n) is 4.71. The number of hydrogen-bond acceptors (Lipinski definition) is 6. The first-order chi connectivity index (χ1) is 9.49. The smallest absolute Gasteiger partial charge is 0.339 e. The lowest BCUT2D eigenvalue weighted by Crippen LogP contribution is -2.27. The number of nitrogens with one attached hydrogen (secondary N) is 1. The zero-order valence-corrected chi connectivity index (χ0v) is 10.9. The van der Waals surface area contributed by atoms with Crippen molar-refractivity contribution >= 4 is 17.5 Å². The van der Waals surface area contributed by atoms with Crippen molar-refractivity contribution in [2.24, 2.45) is 5.92 Å². The molecule has 2 N–H and O–H groups in total. The van der Waals surface area contributed by atoms with Crippen molar-refractivity contribution in [2.75, 3.05) is 18.5 Å². The minimum absolute atomic E-state index is 0.0236. The fourth-order valence-corrected chi connectivity index (χ4v) is 2.11. The first kappa shape index (κ1) is 14.2. The molecular weight excluding hydrogens is 266 g/mol. The van der Waals surface area contributed by atoms with Crippen molar-refractivity contribution in [3.8, 4) is 0 Å². The van der Waals surface area contributed by atoms with Gasteiger partial charge in [-0.15, -0.1) is 0 Å². The molecule has 2 heterocycles. The summed E-state index contributed by atoms with van der Waals surface area (Å²) in [7, 11) is 0. The molecule has 1 aromatic heterocycles. The molecule has 0 aromatic carbocycles. The molecule has 2 rings (SSSR count). The van der Waals surface area contributed by atoms with E-state index in [1.54, 1.807) is 0 Å². The van der Waals surface area contributed by atoms with E-state index >= 15 is 0 Å². The van der Waals surface area contributed by atoms with E-state index in [1.165, 1.54) is 0 Å². The molecule has 2 unspecified atom stereocenters. The number of nitrogens with zero attached hydrogens (tertiary/aromatic N) is 2. The second kappa shape index (κ2) is 5.83. The van der Waals surface area contributed by atoms with Gasteiger partial charge in [-0.25, -0.2) is 9.78 Å². The molecule has 0 amide bonds. The molecule has 108 valence electrons. The average Bonchev–Trinajstić information content (AvgIpc) is 2.92. The minimum Gasteiger partial charge on any atom is -0.478 e. The van der Waals surface area contributed by atoms with Crippen LogP contribution in [-0.2, 0) is 4.74 Å². The lowest BCUT2D eigenvalue weighted by atomic mass is 10.0. The molecule has 1 aromatic rings. The van der Waals surface area contributed by atoms with Gasteiger partial charge in [-0.2, -0.15) is 0 Å². The number of anilines is 1. The van der Waals surface area contributed by atoms with Gasteiger partial charge in [0.25, 0.3) is 5.69 Å². The zero-order chi connectivity index (χ0) is 14.7. The summed E-state index contributed by atoms with van der Waals surface area (Å²) in [5, 5.41) is 22.8. The summed E-state index contributed by atoms with van der Waals surface area (Å²) in [5.41, 5.74) is -0.547. The first-order valence-electron chi connectivity index (χ1n) is 6.21. The number of hydrogen-bond donors (Lipinski definition) is 2. The van der Waals surface area contributed by atoms with Gasteiger partial charge in [0.15, 0.2) is 0 Å². The van der Waals surface area contributed by atoms with Gasteiger partial charge in [-0.1, -0.05) is 0 Å². The number of ether oxygens (including phenoxy) is 1. The third kappa shape index (κ3) is 3.02. The van der Waals surface area contributed by atoms with E-state index in [-0.39, 0.29) is 29.0 Å². The van der Waals surface area contributed by atoms with E-state index in [1.807, 2.05) is 6.92 Å². The SMILES string of the molecule is CC(Nc1ncc([N+](=O)[O-])cc1C(=O)O)C1CCOC1. The van der Waals surface area contributed by atoms with Crippen molar-refractivity contribution in [3.05, 3.63) is 27.9 Å². The largest absolute Gasteiger partial charge is 0.478 e. The maximum absolute atomic E-state index is 11.2. The molecule has 0 spiro atoms. The summed E-state index contributed by atoms with van der Waals surface area (Å²) in [4.78, 5) is 25.0. The van der Waals surface area contributed by atoms with Gasteiger partial charge in [0.05, 0.1) is 11.5 Å². The molecule has 0 bridgehead atoms. The highest BCUT2D eigenvalue weighted by molar-refractivity contribution is 5.93. The van der Waals surface area contributed by atoms with E-state index in [9.17, 15) is 14.9 Å². The fourth-order valence-electron chi connectivity index (χ4n) is 2.11. The van der Waals surface area contributed by atoms with Gasteiger partial charge < -0.3 is 15.2 Å². The Kier molecular flexibility index (Phi) is 4.14. The number of nitro groups is 1. The van der Waals surface area contributed by atoms with Crippen molar-refractivity contribution in [2.45, 2.75) is 19.4 Å². The summed E-state index contributed by atoms with van der Waals surface area (Å²) in [6.07, 6.45) is 1.94. The van der Waals surface area contributed by atoms with E-state index in [2.05, 4.69) is 10.3 Å². The Morgan fingerprint density at radius 1 is 1.70 bits per heavy atom. The van der Waals surface area contributed by atoms with Gasteiger partial charge in [0.1, 0.15) is 17.6 Å². The van der Waals surface area contributed by atoms with Crippen LogP contribution in [0.25, 0.3) is 0 Å². The minimum atomic E-state index is -1.25. The van der Waals surface area contributed by atoms with Crippen molar-refractivity contribution in [1.29, 1.82) is 0 Å². The van der Waals surface area contributed by atoms with E-state index in [0.717, 1.165) is 18.7 Å². The molecule has 1 aliphatic rings. The van der Waals surface area contributed by atoms with Crippen LogP contribution in [0.2, 0.25) is 0 Å². The summed E-state index contributed by atoms with van der Waals surface area (Å²) >= 11 is 0. The number of carboxylic acid groups (broad SMARTS) is 1. The molecule has 1 aliphatic heterocycles. The van der Waals surface area contributed by atoms with Crippen LogP contribution in [0, 0.1) is 16.0 Å². The summed E-state index contributed by atoms with van der Waals surface area (Å²) in [6, 6.07) is 0.986. The number of pyridine rings is 1. The molecule has 0 saturated carbocycles. The number of carboxylic acids is 1. The third-order valence-corrected chi connectivity index (χ3v) is 3.35. The van der Waals surface area contributed by atoms with E-state index < -0.39 is 10.9 Å². The molecule has 1 saturated heterocycles. The summed E-state index contributed by atoms with van der Waals surface area (Å²) in [6.45, 7) is 3.22. The molecule has 8 heteroatoms. The number of carbonyl (C=O) groups is 1. The maximum atomic E-state index is 11.2. The Morgan fingerprint density at radius 2 is 2.45 bits per heavy atom. The fraction of sp³-hybridized carbons (Fsp3) is 0.500. The monoisotopic (exact) mass is 281 g/mol. The molecule has 0 aliphatic carbocycles. The summed E-state index contributed by atoms with van der Waals surface area (Å²) in [5.74, 6) is -0.838. The van der Waals surface area contributed by atoms with E-state index in [0.29, 0.717) is 13.2 Å². The van der Waals surface area contributed by atoms with Crippen LogP contribution in [0.3, 0.4) is 0 Å². The highest BCUT2D eigenvalue weighted by Gasteiger charge is 2.25. The van der Waals surface area contributed by atoms with Gasteiger partial charge in [-0.05, 0) is 13.3 Å². The molecular formula is C12H15N3O5. The number of aromatic carboxylic acids is 1. The Labute approximate surface area is 114 Å². The van der Waals surface area contributed by atoms with E-state index in [4.69, 9.17) is 9.84 Å². The molecule has 20 heavy (non-hydrogen) atoms. The van der Waals surface area contributed by atoms with Crippen LogP contribution in [-0.4, -0.2) is 40.2 Å². The van der Waals surface area contributed by atoms with Crippen molar-refractivity contribution in [1.82, 2.24) is 4.98 Å². The van der Waals surface area contributed by atoms with Crippen LogP contribution < -0.4 is 5.32 Å². The Bertz CT molecular complexity index is 528. The first-order valence-corrected chi connectivity index (χ1v) is 6.21. The van der Waals surface area contributed by atoms with Crippen LogP contribution in [0.5, 0.6) is 0 Å². The zero-order valence-electron chi connectivity index (χ0n) is 10.9. The van der Waals surface area contributed by atoms with Gasteiger partial charge in [0.2, 0.25) is 0 Å². The van der Waals surface area contributed by atoms with Gasteiger partial charge in [0, 0.05) is 24.6 Å². The van der Waals surface area contributed by atoms with Crippen LogP contribution >= 0.6 is 0 Å². The topological polar surface area (TPSA) is 115 Å². The van der Waals surface area contributed by atoms with Gasteiger partial charge >= 0.3 is 5.97 Å². The Balaban J connectivity index is 2.21. The molecule has 0 radical (unpaired) electrons. The van der Waals surface area contributed by atoms with Gasteiger partial charge in [-0.3, -0.25) is 10.1 Å². The molecule has 8 nitrogen and oxygen atoms in total. The van der Waals surface area contributed by atoms with Crippen LogP contribution in [0.4, 0.5) is 11.5 Å². The van der Waals surface area contributed by atoms with Crippen molar-refractivity contribution in [3.63, 3.8) is 0 Å². The highest BCUT2D eigenvalue weighted by atomic mass is 16.6. The maximum Gasteiger partial charge on any atom is 0.339 e. The standard InChI is InChI=1S/C12H15N3O5/c1-7(8-2-3-20-6-8)14-11-10(12(16)17)4-9(5-13-11)15(18)19/h4-5,7-8H,2-3,6H2,1H3,(H,13,14)(H,16,17). The number of rotatable bonds is 5. The summed E-state index contributed by atoms with van der Waals surface area (Å²) < 4.78 is 5.28. The van der Waals surface area contributed by atoms with Crippen LogP contribution in [0.1, 0.15) is 23.7 Å². The molecule has 2 atom stereocenters. The lowest BCUT2D eigenvalue weighted by Gasteiger charge is -2.20. The third-order valence-electron chi connectivity index (χ3n) is 3.35. The second-order valence-corrected chi connectivity index (χ2v) is 4.71. The lowest BCUT2D eigenvalue weighted by molar-refractivity contribution is -0.385. The average molecular weight is 281 g/mol. The van der Waals surface area contributed by atoms with Crippen molar-refractivity contribution < 1.29 is 19.6 Å². The Morgan fingerprint density at radius 3 is 3.00 bits per heavy atom. The Hall–Kier alpha value is -2.22. The highest BCUT2D eigenvalue weighted by Crippen LogP contribution is 2.23.